The van der Waals surface area contributed by atoms with Crippen LogP contribution in [0.5, 0.6) is 0 Å². The first kappa shape index (κ1) is 18.2. The number of hydrogen-bond acceptors (Lipinski definition) is 5. The number of benzene rings is 1. The zero-order chi connectivity index (χ0) is 18.9. The summed E-state index contributed by atoms with van der Waals surface area (Å²) in [4.78, 5) is 12.5. The molecule has 0 spiro atoms. The summed E-state index contributed by atoms with van der Waals surface area (Å²) in [6.07, 6.45) is -1.25. The number of anilines is 3. The van der Waals surface area contributed by atoms with Crippen molar-refractivity contribution < 1.29 is 13.2 Å². The molecule has 26 heavy (non-hydrogen) atoms. The van der Waals surface area contributed by atoms with Crippen molar-refractivity contribution in [3.8, 4) is 0 Å². The minimum Gasteiger partial charge on any atom is -0.368 e. The van der Waals surface area contributed by atoms with Crippen molar-refractivity contribution in [2.45, 2.75) is 32.5 Å². The van der Waals surface area contributed by atoms with Gasteiger partial charge in [-0.15, -0.1) is 0 Å². The number of halogens is 4. The molecule has 2 aromatic heterocycles. The Kier molecular flexibility index (Phi) is 4.90. The van der Waals surface area contributed by atoms with Gasteiger partial charge in [-0.3, -0.25) is 4.57 Å². The molecule has 0 fully saturated rings. The fourth-order valence-electron chi connectivity index (χ4n) is 2.51. The van der Waals surface area contributed by atoms with Crippen molar-refractivity contribution in [1.29, 1.82) is 0 Å². The molecule has 0 aliphatic carbocycles. The Hall–Kier alpha value is -2.55. The largest absolute Gasteiger partial charge is 0.416 e. The molecule has 6 nitrogen and oxygen atoms in total. The highest BCUT2D eigenvalue weighted by Crippen LogP contribution is 2.34. The molecule has 3 rings (SSSR count). The van der Waals surface area contributed by atoms with E-state index in [-0.39, 0.29) is 16.7 Å². The number of nitrogens with two attached hydrogens (primary N) is 1. The summed E-state index contributed by atoms with van der Waals surface area (Å²) in [5.74, 6) is 0.451. The molecule has 0 saturated carbocycles. The van der Waals surface area contributed by atoms with Gasteiger partial charge in [0, 0.05) is 17.3 Å². The van der Waals surface area contributed by atoms with Crippen molar-refractivity contribution in [1.82, 2.24) is 19.5 Å². The van der Waals surface area contributed by atoms with Crippen LogP contribution < -0.4 is 11.1 Å². The van der Waals surface area contributed by atoms with Crippen LogP contribution >= 0.6 is 11.6 Å². The number of rotatable bonds is 5. The van der Waals surface area contributed by atoms with Crippen LogP contribution in [0.1, 0.15) is 25.3 Å². The maximum Gasteiger partial charge on any atom is 0.416 e. The SMILES string of the molecule is CCCCn1c(Nc2cc(Cl)cc(C(F)(F)F)c2)nc2cnc(N)nc21. The van der Waals surface area contributed by atoms with E-state index in [2.05, 4.69) is 20.3 Å². The van der Waals surface area contributed by atoms with Gasteiger partial charge in [-0.2, -0.15) is 18.2 Å². The summed E-state index contributed by atoms with van der Waals surface area (Å²) < 4.78 is 40.8. The highest BCUT2D eigenvalue weighted by atomic mass is 35.5. The lowest BCUT2D eigenvalue weighted by Gasteiger charge is -2.13. The number of fused-ring (bicyclic) bond motifs is 1. The van der Waals surface area contributed by atoms with Gasteiger partial charge in [0.2, 0.25) is 11.9 Å². The van der Waals surface area contributed by atoms with E-state index in [4.69, 9.17) is 17.3 Å². The van der Waals surface area contributed by atoms with Gasteiger partial charge < -0.3 is 11.1 Å². The average molecular weight is 385 g/mol. The van der Waals surface area contributed by atoms with Crippen molar-refractivity contribution in [2.24, 2.45) is 0 Å². The monoisotopic (exact) mass is 384 g/mol. The Balaban J connectivity index is 2.04. The Labute approximate surface area is 152 Å². The first-order valence-corrected chi connectivity index (χ1v) is 8.29. The van der Waals surface area contributed by atoms with Crippen LogP contribution in [-0.4, -0.2) is 19.5 Å². The summed E-state index contributed by atoms with van der Waals surface area (Å²) in [7, 11) is 0. The van der Waals surface area contributed by atoms with E-state index in [1.54, 1.807) is 4.57 Å². The molecule has 0 amide bonds. The normalized spacial score (nSPS) is 11.9. The number of unbranched alkanes of at least 4 members (excludes halogenated alkanes) is 1. The van der Waals surface area contributed by atoms with Crippen molar-refractivity contribution in [3.63, 3.8) is 0 Å². The maximum absolute atomic E-state index is 13.0. The van der Waals surface area contributed by atoms with Gasteiger partial charge in [-0.1, -0.05) is 24.9 Å². The smallest absolute Gasteiger partial charge is 0.368 e. The Morgan fingerprint density at radius 3 is 2.69 bits per heavy atom. The number of nitrogens with one attached hydrogen (secondary N) is 1. The van der Waals surface area contributed by atoms with Crippen LogP contribution in [0.4, 0.5) is 30.8 Å². The molecule has 0 aliphatic rings. The van der Waals surface area contributed by atoms with E-state index in [1.807, 2.05) is 6.92 Å². The number of nitrogens with zero attached hydrogens (tertiary/aromatic N) is 4. The van der Waals surface area contributed by atoms with E-state index in [0.717, 1.165) is 25.0 Å². The number of aryl methyl sites for hydroxylation is 1. The number of hydrogen-bond donors (Lipinski definition) is 2. The summed E-state index contributed by atoms with van der Waals surface area (Å²) in [5.41, 5.74) is 6.00. The molecule has 0 unspecified atom stereocenters. The molecule has 3 aromatic rings. The number of alkyl halides is 3. The minimum atomic E-state index is -4.50. The van der Waals surface area contributed by atoms with Gasteiger partial charge in [0.1, 0.15) is 5.52 Å². The molecule has 0 bridgehead atoms. The lowest BCUT2D eigenvalue weighted by molar-refractivity contribution is -0.137. The summed E-state index contributed by atoms with van der Waals surface area (Å²) in [6, 6.07) is 3.26. The molecule has 0 atom stereocenters. The van der Waals surface area contributed by atoms with Crippen LogP contribution in [-0.2, 0) is 12.7 Å². The van der Waals surface area contributed by atoms with Gasteiger partial charge in [0.15, 0.2) is 5.65 Å². The van der Waals surface area contributed by atoms with Gasteiger partial charge in [0.05, 0.1) is 11.8 Å². The standard InChI is InChI=1S/C16H16ClF3N6/c1-2-3-4-26-13-12(8-22-14(21)25-13)24-15(26)23-11-6-9(16(18,19)20)5-10(17)7-11/h5-8H,2-4H2,1H3,(H,23,24)(H2,21,22,25). The van der Waals surface area contributed by atoms with Gasteiger partial charge in [-0.25, -0.2) is 9.97 Å². The summed E-state index contributed by atoms with van der Waals surface area (Å²) >= 11 is 5.84. The van der Waals surface area contributed by atoms with Crippen LogP contribution in [0.25, 0.3) is 11.2 Å². The third-order valence-electron chi connectivity index (χ3n) is 3.72. The highest BCUT2D eigenvalue weighted by Gasteiger charge is 2.31. The quantitative estimate of drug-likeness (QED) is 0.670. The van der Waals surface area contributed by atoms with Gasteiger partial charge >= 0.3 is 6.18 Å². The lowest BCUT2D eigenvalue weighted by Crippen LogP contribution is -2.08. The number of nitrogen functional groups attached to an aromatic ring is 1. The molecule has 2 heterocycles. The predicted molar refractivity (Wildman–Crippen MR) is 94.4 cm³/mol. The molecular formula is C16H16ClF3N6. The fraction of sp³-hybridized carbons (Fsp3) is 0.312. The third kappa shape index (κ3) is 3.82. The summed E-state index contributed by atoms with van der Waals surface area (Å²) in [5, 5.41) is 2.88. The topological polar surface area (TPSA) is 81.7 Å². The summed E-state index contributed by atoms with van der Waals surface area (Å²) in [6.45, 7) is 2.61. The Morgan fingerprint density at radius 2 is 2.00 bits per heavy atom. The molecule has 138 valence electrons. The van der Waals surface area contributed by atoms with Gasteiger partial charge in [0.25, 0.3) is 0 Å². The predicted octanol–water partition coefficient (Wildman–Crippen LogP) is 4.62. The first-order valence-electron chi connectivity index (χ1n) is 7.91. The van der Waals surface area contributed by atoms with E-state index in [0.29, 0.717) is 23.7 Å². The van der Waals surface area contributed by atoms with Crippen LogP contribution in [0.2, 0.25) is 5.02 Å². The van der Waals surface area contributed by atoms with Crippen molar-refractivity contribution >= 4 is 40.3 Å². The van der Waals surface area contributed by atoms with E-state index in [9.17, 15) is 13.2 Å². The van der Waals surface area contributed by atoms with E-state index in [1.165, 1.54) is 12.3 Å². The average Bonchev–Trinajstić information content (AvgIpc) is 2.88. The number of imidazole rings is 1. The molecule has 1 aromatic carbocycles. The zero-order valence-electron chi connectivity index (χ0n) is 13.8. The molecule has 0 saturated heterocycles. The molecule has 3 N–H and O–H groups in total. The van der Waals surface area contributed by atoms with Crippen molar-refractivity contribution in [2.75, 3.05) is 11.1 Å². The second-order valence-corrected chi connectivity index (χ2v) is 6.17. The Morgan fingerprint density at radius 1 is 1.23 bits per heavy atom. The molecule has 0 radical (unpaired) electrons. The number of aromatic nitrogens is 4. The maximum atomic E-state index is 13.0. The zero-order valence-corrected chi connectivity index (χ0v) is 14.6. The fourth-order valence-corrected chi connectivity index (χ4v) is 2.75. The van der Waals surface area contributed by atoms with Crippen LogP contribution in [0.15, 0.2) is 24.4 Å². The third-order valence-corrected chi connectivity index (χ3v) is 3.94. The van der Waals surface area contributed by atoms with Crippen molar-refractivity contribution in [3.05, 3.63) is 35.0 Å². The second-order valence-electron chi connectivity index (χ2n) is 5.73. The van der Waals surface area contributed by atoms with Crippen LogP contribution in [0, 0.1) is 0 Å². The van der Waals surface area contributed by atoms with E-state index < -0.39 is 11.7 Å². The Bertz CT molecular complexity index is 938. The molecule has 0 aliphatic heterocycles. The lowest BCUT2D eigenvalue weighted by atomic mass is 10.2. The molecule has 10 heteroatoms. The van der Waals surface area contributed by atoms with Crippen LogP contribution in [0.3, 0.4) is 0 Å². The van der Waals surface area contributed by atoms with E-state index >= 15 is 0 Å². The highest BCUT2D eigenvalue weighted by molar-refractivity contribution is 6.31. The second kappa shape index (κ2) is 6.99. The first-order chi connectivity index (χ1) is 12.3. The van der Waals surface area contributed by atoms with Gasteiger partial charge in [-0.05, 0) is 24.6 Å². The minimum absolute atomic E-state index is 0.0254. The molecular weight excluding hydrogens is 369 g/mol.